The van der Waals surface area contributed by atoms with Crippen LogP contribution in [0.3, 0.4) is 0 Å². The largest absolute Gasteiger partial charge is 0.303 e. The van der Waals surface area contributed by atoms with Crippen LogP contribution in [0.4, 0.5) is 0 Å². The normalized spacial score (nSPS) is 20.0. The summed E-state index contributed by atoms with van der Waals surface area (Å²) in [5.41, 5.74) is 10.4. The minimum atomic E-state index is 0.115. The van der Waals surface area contributed by atoms with E-state index in [0.29, 0.717) is 6.71 Å². The molecule has 0 N–H and O–H groups in total. The Morgan fingerprint density at radius 2 is 1.54 bits per heavy atom. The molecule has 0 bridgehead atoms. The molecule has 1 unspecified atom stereocenters. The van der Waals surface area contributed by atoms with Crippen LogP contribution < -0.4 is 0 Å². The smallest absolute Gasteiger partial charge is 0.183 e. The predicted molar refractivity (Wildman–Crippen MR) is 173 cm³/mol. The van der Waals surface area contributed by atoms with Crippen molar-refractivity contribution in [2.45, 2.75) is 75.2 Å². The lowest BCUT2D eigenvalue weighted by Crippen LogP contribution is -2.28. The van der Waals surface area contributed by atoms with Crippen molar-refractivity contribution in [2.75, 3.05) is 25.4 Å². The molecule has 1 atom stereocenters. The number of thioether (sulfide) groups is 1. The third-order valence-electron chi connectivity index (χ3n) is 9.80. The molecule has 3 aromatic carbocycles. The monoisotopic (exact) mass is 533 g/mol. The summed E-state index contributed by atoms with van der Waals surface area (Å²) in [6.07, 6.45) is 11.6. The molecule has 0 saturated carbocycles. The molecule has 0 radical (unpaired) electrons. The zero-order valence-electron chi connectivity index (χ0n) is 23.8. The van der Waals surface area contributed by atoms with E-state index in [1.54, 1.807) is 11.1 Å². The van der Waals surface area contributed by atoms with E-state index in [1.807, 2.05) is 0 Å². The van der Waals surface area contributed by atoms with Crippen LogP contribution in [0.15, 0.2) is 79.4 Å². The molecule has 202 valence electrons. The van der Waals surface area contributed by atoms with E-state index in [4.69, 9.17) is 0 Å². The second-order valence-electron chi connectivity index (χ2n) is 12.1. The number of likely N-dealkylation sites (tertiary alicyclic amines) is 1. The van der Waals surface area contributed by atoms with Gasteiger partial charge in [0, 0.05) is 0 Å². The van der Waals surface area contributed by atoms with Crippen molar-refractivity contribution in [1.82, 2.24) is 4.90 Å². The van der Waals surface area contributed by atoms with Crippen LogP contribution in [-0.2, 0) is 11.1 Å². The fourth-order valence-electron chi connectivity index (χ4n) is 7.71. The molecule has 3 heteroatoms. The van der Waals surface area contributed by atoms with Gasteiger partial charge in [-0.05, 0) is 97.2 Å². The summed E-state index contributed by atoms with van der Waals surface area (Å²) in [4.78, 5) is 2.78. The Hall–Kier alpha value is -2.23. The van der Waals surface area contributed by atoms with Crippen LogP contribution in [0.1, 0.15) is 80.5 Å². The first kappa shape index (κ1) is 27.0. The first-order valence-corrected chi connectivity index (χ1v) is 16.5. The molecule has 1 aliphatic carbocycles. The molecule has 1 nitrogen and oxygen atoms in total. The van der Waals surface area contributed by atoms with Crippen molar-refractivity contribution in [3.63, 3.8) is 0 Å². The lowest BCUT2D eigenvalue weighted by molar-refractivity contribution is 0.277. The van der Waals surface area contributed by atoms with Crippen LogP contribution in [-0.4, -0.2) is 37.0 Å². The van der Waals surface area contributed by atoms with E-state index in [-0.39, 0.29) is 4.75 Å². The second kappa shape index (κ2) is 12.1. The van der Waals surface area contributed by atoms with E-state index in [1.165, 1.54) is 111 Å². The summed E-state index contributed by atoms with van der Waals surface area (Å²) in [5, 5.41) is 0. The highest BCUT2D eigenvalue weighted by molar-refractivity contribution is 8.00. The highest BCUT2D eigenvalue weighted by Crippen LogP contribution is 2.57. The SMILES string of the molecule is C=C1B(C2CCCN(CCCCC3(SCCCC)c4ccccc4-c4ccccc43)CC2)Cc2ccccc21. The van der Waals surface area contributed by atoms with Crippen molar-refractivity contribution in [3.05, 3.63) is 102 Å². The first-order valence-electron chi connectivity index (χ1n) is 15.5. The minimum Gasteiger partial charge on any atom is -0.303 e. The van der Waals surface area contributed by atoms with Gasteiger partial charge in [-0.25, -0.2) is 0 Å². The molecule has 0 spiro atoms. The molecule has 3 aromatic rings. The molecular weight excluding hydrogens is 489 g/mol. The maximum atomic E-state index is 4.55. The van der Waals surface area contributed by atoms with Gasteiger partial charge in [-0.2, -0.15) is 0 Å². The van der Waals surface area contributed by atoms with Crippen LogP contribution in [0.5, 0.6) is 0 Å². The van der Waals surface area contributed by atoms with Gasteiger partial charge in [0.05, 0.1) is 4.75 Å². The van der Waals surface area contributed by atoms with Gasteiger partial charge < -0.3 is 4.90 Å². The Labute approximate surface area is 241 Å². The maximum absolute atomic E-state index is 4.55. The highest BCUT2D eigenvalue weighted by Gasteiger charge is 2.42. The van der Waals surface area contributed by atoms with Crippen molar-refractivity contribution >= 4 is 23.9 Å². The summed E-state index contributed by atoms with van der Waals surface area (Å²) in [6.45, 7) is 11.3. The molecule has 39 heavy (non-hydrogen) atoms. The van der Waals surface area contributed by atoms with E-state index >= 15 is 0 Å². The Kier molecular flexibility index (Phi) is 8.37. The fourth-order valence-corrected chi connectivity index (χ4v) is 9.45. The fraction of sp³-hybridized carbons (Fsp3) is 0.444. The third-order valence-corrected chi connectivity index (χ3v) is 11.4. The topological polar surface area (TPSA) is 3.24 Å². The Morgan fingerprint density at radius 3 is 2.26 bits per heavy atom. The Balaban J connectivity index is 1.08. The standard InChI is InChI=1S/C36H44BNS/c1-3-4-26-39-36(34-19-9-7-17-32(34)33-18-8-10-20-35(33)36)22-11-12-23-38-24-13-15-30(21-25-38)37-27-29-14-5-6-16-31(29)28(37)2/h5-10,14,16-20,30H,2-4,11-13,15,21-27H2,1H3. The van der Waals surface area contributed by atoms with E-state index in [2.05, 4.69) is 103 Å². The average Bonchev–Trinajstić information content (AvgIpc) is 3.32. The van der Waals surface area contributed by atoms with Gasteiger partial charge in [-0.3, -0.25) is 0 Å². The number of hydrogen-bond donors (Lipinski definition) is 0. The molecule has 0 amide bonds. The molecule has 2 heterocycles. The lowest BCUT2D eigenvalue weighted by Gasteiger charge is -2.32. The van der Waals surface area contributed by atoms with Crippen LogP contribution in [0.2, 0.25) is 5.82 Å². The Morgan fingerprint density at radius 1 is 0.846 bits per heavy atom. The van der Waals surface area contributed by atoms with Crippen LogP contribution in [0, 0.1) is 0 Å². The van der Waals surface area contributed by atoms with Gasteiger partial charge in [-0.15, -0.1) is 18.3 Å². The number of fused-ring (bicyclic) bond motifs is 4. The van der Waals surface area contributed by atoms with E-state index < -0.39 is 0 Å². The van der Waals surface area contributed by atoms with Gasteiger partial charge in [0.25, 0.3) is 0 Å². The average molecular weight is 534 g/mol. The van der Waals surface area contributed by atoms with Gasteiger partial charge >= 0.3 is 0 Å². The lowest BCUT2D eigenvalue weighted by atomic mass is 9.36. The molecular formula is C36H44BNS. The van der Waals surface area contributed by atoms with Gasteiger partial charge in [0.15, 0.2) is 6.71 Å². The maximum Gasteiger partial charge on any atom is 0.183 e. The minimum absolute atomic E-state index is 0.115. The zero-order chi connectivity index (χ0) is 26.7. The van der Waals surface area contributed by atoms with Crippen LogP contribution in [0.25, 0.3) is 16.6 Å². The van der Waals surface area contributed by atoms with Crippen molar-refractivity contribution in [1.29, 1.82) is 0 Å². The predicted octanol–water partition coefficient (Wildman–Crippen LogP) is 9.31. The van der Waals surface area contributed by atoms with Crippen molar-refractivity contribution in [2.24, 2.45) is 0 Å². The molecule has 6 rings (SSSR count). The van der Waals surface area contributed by atoms with Crippen molar-refractivity contribution in [3.8, 4) is 11.1 Å². The molecule has 0 aromatic heterocycles. The zero-order valence-corrected chi connectivity index (χ0v) is 24.7. The Bertz CT molecular complexity index is 1250. The first-order chi connectivity index (χ1) is 19.2. The summed E-state index contributed by atoms with van der Waals surface area (Å²) in [5.74, 6) is 2.03. The van der Waals surface area contributed by atoms with Gasteiger partial charge in [-0.1, -0.05) is 110 Å². The highest BCUT2D eigenvalue weighted by atomic mass is 32.2. The number of nitrogens with zero attached hydrogens (tertiary/aromatic N) is 1. The van der Waals surface area contributed by atoms with E-state index in [9.17, 15) is 0 Å². The van der Waals surface area contributed by atoms with E-state index in [0.717, 1.165) is 5.82 Å². The molecule has 1 saturated heterocycles. The third kappa shape index (κ3) is 5.30. The summed E-state index contributed by atoms with van der Waals surface area (Å²) in [6, 6.07) is 27.4. The summed E-state index contributed by atoms with van der Waals surface area (Å²) in [7, 11) is 0. The molecule has 2 aliphatic heterocycles. The number of unbranched alkanes of at least 4 members (excludes halogenated alkanes) is 2. The number of rotatable bonds is 10. The van der Waals surface area contributed by atoms with Gasteiger partial charge in [0.2, 0.25) is 0 Å². The second-order valence-corrected chi connectivity index (χ2v) is 13.5. The number of hydrogen-bond acceptors (Lipinski definition) is 2. The van der Waals surface area contributed by atoms with Crippen LogP contribution >= 0.6 is 11.8 Å². The van der Waals surface area contributed by atoms with Gasteiger partial charge in [0.1, 0.15) is 0 Å². The summed E-state index contributed by atoms with van der Waals surface area (Å²) < 4.78 is 0.115. The summed E-state index contributed by atoms with van der Waals surface area (Å²) >= 11 is 2.22. The molecule has 1 fully saturated rings. The van der Waals surface area contributed by atoms with Crippen molar-refractivity contribution < 1.29 is 0 Å². The quantitative estimate of drug-likeness (QED) is 0.189. The molecule has 3 aliphatic rings. The number of benzene rings is 3.